The van der Waals surface area contributed by atoms with Crippen molar-refractivity contribution in [1.29, 1.82) is 0 Å². The van der Waals surface area contributed by atoms with Gasteiger partial charge in [-0.05, 0) is 25.9 Å². The van der Waals surface area contributed by atoms with Gasteiger partial charge in [-0.2, -0.15) is 0 Å². The average Bonchev–Trinajstić information content (AvgIpc) is 2.29. The van der Waals surface area contributed by atoms with Crippen LogP contribution in [0, 0.1) is 5.92 Å². The SMILES string of the molecule is CNC(=O)C1CCN(CC(=O)COC)CC1. The van der Waals surface area contributed by atoms with Gasteiger partial charge in [-0.15, -0.1) is 0 Å². The molecule has 1 saturated heterocycles. The molecule has 92 valence electrons. The van der Waals surface area contributed by atoms with E-state index >= 15 is 0 Å². The van der Waals surface area contributed by atoms with Crippen LogP contribution in [0.1, 0.15) is 12.8 Å². The summed E-state index contributed by atoms with van der Waals surface area (Å²) in [5.41, 5.74) is 0. The van der Waals surface area contributed by atoms with Crippen LogP contribution in [-0.2, 0) is 14.3 Å². The number of ether oxygens (including phenoxy) is 1. The third-order valence-electron chi connectivity index (χ3n) is 2.91. The minimum absolute atomic E-state index is 0.0980. The Morgan fingerprint density at radius 2 is 2.00 bits per heavy atom. The summed E-state index contributed by atoms with van der Waals surface area (Å²) in [6.07, 6.45) is 1.67. The Hall–Kier alpha value is -0.940. The maximum Gasteiger partial charge on any atom is 0.222 e. The number of amides is 1. The van der Waals surface area contributed by atoms with Crippen LogP contribution in [0.25, 0.3) is 0 Å². The topological polar surface area (TPSA) is 58.6 Å². The van der Waals surface area contributed by atoms with Gasteiger partial charge in [0.05, 0.1) is 6.54 Å². The predicted octanol–water partition coefficient (Wildman–Crippen LogP) is -0.340. The Balaban J connectivity index is 2.26. The van der Waals surface area contributed by atoms with Crippen LogP contribution in [0.2, 0.25) is 0 Å². The van der Waals surface area contributed by atoms with Gasteiger partial charge in [0.25, 0.3) is 0 Å². The van der Waals surface area contributed by atoms with E-state index in [4.69, 9.17) is 4.74 Å². The summed E-state index contributed by atoms with van der Waals surface area (Å²) in [5.74, 6) is 0.322. The van der Waals surface area contributed by atoms with Crippen molar-refractivity contribution in [2.45, 2.75) is 12.8 Å². The van der Waals surface area contributed by atoms with Crippen molar-refractivity contribution in [3.63, 3.8) is 0 Å². The van der Waals surface area contributed by atoms with Crippen LogP contribution in [-0.4, -0.2) is 57.0 Å². The summed E-state index contributed by atoms with van der Waals surface area (Å²) in [6.45, 7) is 2.24. The monoisotopic (exact) mass is 228 g/mol. The van der Waals surface area contributed by atoms with Gasteiger partial charge >= 0.3 is 0 Å². The van der Waals surface area contributed by atoms with Crippen LogP contribution in [0.15, 0.2) is 0 Å². The first-order chi connectivity index (χ1) is 7.67. The smallest absolute Gasteiger partial charge is 0.222 e. The fraction of sp³-hybridized carbons (Fsp3) is 0.818. The molecule has 1 heterocycles. The molecule has 0 bridgehead atoms. The summed E-state index contributed by atoms with van der Waals surface area (Å²) >= 11 is 0. The molecular formula is C11H20N2O3. The maximum absolute atomic E-state index is 11.4. The Morgan fingerprint density at radius 1 is 1.38 bits per heavy atom. The summed E-state index contributed by atoms with van der Waals surface area (Å²) in [6, 6.07) is 0. The van der Waals surface area contributed by atoms with E-state index in [1.54, 1.807) is 7.05 Å². The zero-order valence-corrected chi connectivity index (χ0v) is 9.99. The molecule has 1 N–H and O–H groups in total. The molecule has 0 aromatic rings. The highest BCUT2D eigenvalue weighted by atomic mass is 16.5. The predicted molar refractivity (Wildman–Crippen MR) is 60.1 cm³/mol. The van der Waals surface area contributed by atoms with Crippen molar-refractivity contribution in [2.75, 3.05) is 40.4 Å². The lowest BCUT2D eigenvalue weighted by atomic mass is 9.96. The number of piperidine rings is 1. The molecule has 1 aliphatic rings. The first-order valence-electron chi connectivity index (χ1n) is 5.62. The van der Waals surface area contributed by atoms with Crippen molar-refractivity contribution in [2.24, 2.45) is 5.92 Å². The lowest BCUT2D eigenvalue weighted by Gasteiger charge is -2.30. The highest BCUT2D eigenvalue weighted by molar-refractivity contribution is 5.81. The minimum atomic E-state index is 0.0980. The summed E-state index contributed by atoms with van der Waals surface area (Å²) in [7, 11) is 3.19. The van der Waals surface area contributed by atoms with Crippen LogP contribution >= 0.6 is 0 Å². The molecule has 0 atom stereocenters. The standard InChI is InChI=1S/C11H20N2O3/c1-12-11(15)9-3-5-13(6-4-9)7-10(14)8-16-2/h9H,3-8H2,1-2H3,(H,12,15). The number of carbonyl (C=O) groups is 2. The van der Waals surface area contributed by atoms with Gasteiger partial charge in [-0.3, -0.25) is 14.5 Å². The summed E-state index contributed by atoms with van der Waals surface area (Å²) in [4.78, 5) is 24.8. The third kappa shape index (κ3) is 3.90. The van der Waals surface area contributed by atoms with E-state index in [1.165, 1.54) is 7.11 Å². The third-order valence-corrected chi connectivity index (χ3v) is 2.91. The second kappa shape index (κ2) is 6.60. The van der Waals surface area contributed by atoms with E-state index in [0.717, 1.165) is 25.9 Å². The van der Waals surface area contributed by atoms with Gasteiger partial charge in [0.15, 0.2) is 5.78 Å². The number of nitrogens with one attached hydrogen (secondary N) is 1. The quantitative estimate of drug-likeness (QED) is 0.699. The number of hydrogen-bond acceptors (Lipinski definition) is 4. The van der Waals surface area contributed by atoms with E-state index in [1.807, 2.05) is 0 Å². The molecule has 5 nitrogen and oxygen atoms in total. The maximum atomic E-state index is 11.4. The lowest BCUT2D eigenvalue weighted by Crippen LogP contribution is -2.42. The highest BCUT2D eigenvalue weighted by Gasteiger charge is 2.24. The largest absolute Gasteiger partial charge is 0.377 e. The Kier molecular flexibility index (Phi) is 5.42. The second-order valence-electron chi connectivity index (χ2n) is 4.14. The molecule has 0 unspecified atom stereocenters. The molecule has 0 aliphatic carbocycles. The van der Waals surface area contributed by atoms with Gasteiger partial charge in [0.2, 0.25) is 5.91 Å². The van der Waals surface area contributed by atoms with Crippen molar-refractivity contribution < 1.29 is 14.3 Å². The minimum Gasteiger partial charge on any atom is -0.377 e. The zero-order valence-electron chi connectivity index (χ0n) is 9.99. The fourth-order valence-electron chi connectivity index (χ4n) is 2.01. The molecule has 0 aromatic heterocycles. The van der Waals surface area contributed by atoms with Crippen molar-refractivity contribution in [3.8, 4) is 0 Å². The molecule has 0 saturated carbocycles. The van der Waals surface area contributed by atoms with Gasteiger partial charge in [-0.1, -0.05) is 0 Å². The fourth-order valence-corrected chi connectivity index (χ4v) is 2.01. The van der Waals surface area contributed by atoms with Gasteiger partial charge < -0.3 is 10.1 Å². The number of rotatable bonds is 5. The Bertz CT molecular complexity index is 248. The number of likely N-dealkylation sites (tertiary alicyclic amines) is 1. The summed E-state index contributed by atoms with van der Waals surface area (Å²) < 4.78 is 4.78. The van der Waals surface area contributed by atoms with E-state index in [0.29, 0.717) is 6.54 Å². The first kappa shape index (κ1) is 13.1. The number of ketones is 1. The van der Waals surface area contributed by atoms with Crippen LogP contribution in [0.5, 0.6) is 0 Å². The highest BCUT2D eigenvalue weighted by Crippen LogP contribution is 2.16. The van der Waals surface area contributed by atoms with E-state index < -0.39 is 0 Å². The van der Waals surface area contributed by atoms with Crippen LogP contribution in [0.3, 0.4) is 0 Å². The van der Waals surface area contributed by atoms with Crippen molar-refractivity contribution in [1.82, 2.24) is 10.2 Å². The normalized spacial score (nSPS) is 18.4. The lowest BCUT2D eigenvalue weighted by molar-refractivity contribution is -0.126. The molecule has 0 spiro atoms. The molecule has 1 aliphatic heterocycles. The van der Waals surface area contributed by atoms with Crippen molar-refractivity contribution >= 4 is 11.7 Å². The van der Waals surface area contributed by atoms with E-state index in [9.17, 15) is 9.59 Å². The molecule has 1 amide bonds. The number of methoxy groups -OCH3 is 1. The molecule has 0 aromatic carbocycles. The molecule has 1 rings (SSSR count). The van der Waals surface area contributed by atoms with E-state index in [2.05, 4.69) is 10.2 Å². The zero-order chi connectivity index (χ0) is 12.0. The average molecular weight is 228 g/mol. The molecular weight excluding hydrogens is 208 g/mol. The molecule has 16 heavy (non-hydrogen) atoms. The second-order valence-corrected chi connectivity index (χ2v) is 4.14. The molecule has 1 fully saturated rings. The summed E-state index contributed by atoms with van der Waals surface area (Å²) in [5, 5.41) is 2.67. The Morgan fingerprint density at radius 3 is 2.50 bits per heavy atom. The number of hydrogen-bond donors (Lipinski definition) is 1. The Labute approximate surface area is 96.1 Å². The number of nitrogens with zero attached hydrogens (tertiary/aromatic N) is 1. The van der Waals surface area contributed by atoms with E-state index in [-0.39, 0.29) is 24.2 Å². The number of carbonyl (C=O) groups excluding carboxylic acids is 2. The van der Waals surface area contributed by atoms with Gasteiger partial charge in [0, 0.05) is 20.1 Å². The molecule has 5 heteroatoms. The van der Waals surface area contributed by atoms with Gasteiger partial charge in [-0.25, -0.2) is 0 Å². The van der Waals surface area contributed by atoms with Crippen molar-refractivity contribution in [3.05, 3.63) is 0 Å². The first-order valence-corrected chi connectivity index (χ1v) is 5.62. The van der Waals surface area contributed by atoms with Crippen LogP contribution in [0.4, 0.5) is 0 Å². The van der Waals surface area contributed by atoms with Crippen LogP contribution < -0.4 is 5.32 Å². The van der Waals surface area contributed by atoms with Gasteiger partial charge in [0.1, 0.15) is 6.61 Å². The number of Topliss-reactive ketones (excluding diaryl/α,β-unsaturated/α-hetero) is 1. The molecule has 0 radical (unpaired) electrons.